The van der Waals surface area contributed by atoms with Crippen LogP contribution in [0.1, 0.15) is 26.2 Å². The fraction of sp³-hybridized carbons (Fsp3) is 0.600. The number of hydrogen-bond acceptors (Lipinski definition) is 4. The lowest BCUT2D eigenvalue weighted by molar-refractivity contribution is 0.750. The van der Waals surface area contributed by atoms with E-state index in [1.165, 1.54) is 12.8 Å². The molecular weight excluding hydrogens is 176 g/mol. The summed E-state index contributed by atoms with van der Waals surface area (Å²) in [7, 11) is 0. The normalized spacial score (nSPS) is 15.5. The Morgan fingerprint density at radius 1 is 1.57 bits per heavy atom. The summed E-state index contributed by atoms with van der Waals surface area (Å²) in [4.78, 5) is 10.5. The highest BCUT2D eigenvalue weighted by Gasteiger charge is 2.30. The number of nitrogens with two attached hydrogens (primary N) is 1. The van der Waals surface area contributed by atoms with Gasteiger partial charge in [-0.1, -0.05) is 6.92 Å². The van der Waals surface area contributed by atoms with Crippen molar-refractivity contribution in [3.63, 3.8) is 0 Å². The largest absolute Gasteiger partial charge is 0.394 e. The third kappa shape index (κ3) is 1.78. The van der Waals surface area contributed by atoms with Crippen LogP contribution < -0.4 is 10.6 Å². The van der Waals surface area contributed by atoms with Gasteiger partial charge in [0.2, 0.25) is 0 Å². The molecule has 14 heavy (non-hydrogen) atoms. The minimum Gasteiger partial charge on any atom is -0.394 e. The van der Waals surface area contributed by atoms with E-state index in [4.69, 9.17) is 5.73 Å². The van der Waals surface area contributed by atoms with Crippen LogP contribution in [-0.4, -0.2) is 22.6 Å². The average molecular weight is 192 g/mol. The van der Waals surface area contributed by atoms with Gasteiger partial charge < -0.3 is 10.6 Å². The Labute approximate surface area is 84.2 Å². The van der Waals surface area contributed by atoms with Gasteiger partial charge in [0, 0.05) is 12.6 Å². The summed E-state index contributed by atoms with van der Waals surface area (Å²) in [6.07, 6.45) is 6.90. The van der Waals surface area contributed by atoms with E-state index >= 15 is 0 Å². The van der Waals surface area contributed by atoms with Gasteiger partial charge in [0.15, 0.2) is 5.82 Å². The third-order valence-corrected chi connectivity index (χ3v) is 2.44. The lowest BCUT2D eigenvalue weighted by atomic mass is 10.3. The first-order valence-corrected chi connectivity index (χ1v) is 5.15. The van der Waals surface area contributed by atoms with Crippen molar-refractivity contribution in [2.75, 3.05) is 17.2 Å². The van der Waals surface area contributed by atoms with Gasteiger partial charge >= 0.3 is 0 Å². The van der Waals surface area contributed by atoms with E-state index in [1.54, 1.807) is 12.5 Å². The second kappa shape index (κ2) is 3.82. The molecule has 1 aliphatic rings. The van der Waals surface area contributed by atoms with E-state index in [-0.39, 0.29) is 0 Å². The minimum absolute atomic E-state index is 0.659. The monoisotopic (exact) mass is 192 g/mol. The quantitative estimate of drug-likeness (QED) is 0.784. The van der Waals surface area contributed by atoms with Gasteiger partial charge in [0.1, 0.15) is 6.33 Å². The zero-order chi connectivity index (χ0) is 9.97. The molecule has 0 amide bonds. The molecule has 2 N–H and O–H groups in total. The van der Waals surface area contributed by atoms with Gasteiger partial charge in [-0.3, -0.25) is 0 Å². The van der Waals surface area contributed by atoms with Gasteiger partial charge in [-0.25, -0.2) is 9.97 Å². The standard InChI is InChI=1S/C10H16N4/c1-2-5-14(8-3-4-8)10-9(11)6-12-7-13-10/h6-8H,2-5,11H2,1H3. The topological polar surface area (TPSA) is 55.0 Å². The summed E-state index contributed by atoms with van der Waals surface area (Å²) < 4.78 is 0. The highest BCUT2D eigenvalue weighted by atomic mass is 15.2. The maximum absolute atomic E-state index is 5.85. The van der Waals surface area contributed by atoms with Gasteiger partial charge in [-0.2, -0.15) is 0 Å². The van der Waals surface area contributed by atoms with Crippen LogP contribution in [0.5, 0.6) is 0 Å². The molecule has 0 radical (unpaired) electrons. The number of aromatic nitrogens is 2. The molecule has 4 heteroatoms. The molecule has 1 aliphatic carbocycles. The Morgan fingerprint density at radius 2 is 2.36 bits per heavy atom. The molecule has 1 aromatic heterocycles. The Bertz CT molecular complexity index is 309. The molecule has 76 valence electrons. The second-order valence-corrected chi connectivity index (χ2v) is 3.73. The number of hydrogen-bond donors (Lipinski definition) is 1. The van der Waals surface area contributed by atoms with Crippen molar-refractivity contribution in [1.82, 2.24) is 9.97 Å². The second-order valence-electron chi connectivity index (χ2n) is 3.73. The van der Waals surface area contributed by atoms with Crippen LogP contribution in [-0.2, 0) is 0 Å². The fourth-order valence-corrected chi connectivity index (χ4v) is 1.66. The average Bonchev–Trinajstić information content (AvgIpc) is 2.99. The van der Waals surface area contributed by atoms with Crippen LogP contribution in [0.2, 0.25) is 0 Å². The molecule has 0 aromatic carbocycles. The predicted octanol–water partition coefficient (Wildman–Crippen LogP) is 1.44. The van der Waals surface area contributed by atoms with Crippen molar-refractivity contribution in [2.24, 2.45) is 0 Å². The summed E-state index contributed by atoms with van der Waals surface area (Å²) in [6.45, 7) is 3.21. The van der Waals surface area contributed by atoms with Gasteiger partial charge in [0.05, 0.1) is 11.9 Å². The molecule has 0 aliphatic heterocycles. The van der Waals surface area contributed by atoms with E-state index in [2.05, 4.69) is 21.8 Å². The molecule has 1 fully saturated rings. The van der Waals surface area contributed by atoms with Crippen molar-refractivity contribution in [3.05, 3.63) is 12.5 Å². The fourth-order valence-electron chi connectivity index (χ4n) is 1.66. The SMILES string of the molecule is CCCN(c1ncncc1N)C1CC1. The molecular formula is C10H16N4. The molecule has 1 heterocycles. The van der Waals surface area contributed by atoms with Crippen LogP contribution in [0.4, 0.5) is 11.5 Å². The molecule has 2 rings (SSSR count). The van der Waals surface area contributed by atoms with Crippen LogP contribution in [0.3, 0.4) is 0 Å². The number of anilines is 2. The summed E-state index contributed by atoms with van der Waals surface area (Å²) in [6, 6.07) is 0.659. The van der Waals surface area contributed by atoms with Gasteiger partial charge in [-0.15, -0.1) is 0 Å². The highest BCUT2D eigenvalue weighted by molar-refractivity contribution is 5.61. The summed E-state index contributed by atoms with van der Waals surface area (Å²) in [5.74, 6) is 0.907. The zero-order valence-corrected chi connectivity index (χ0v) is 8.48. The van der Waals surface area contributed by atoms with E-state index in [1.807, 2.05) is 0 Å². The van der Waals surface area contributed by atoms with E-state index in [9.17, 15) is 0 Å². The summed E-state index contributed by atoms with van der Waals surface area (Å²) in [5, 5.41) is 0. The molecule has 1 aromatic rings. The van der Waals surface area contributed by atoms with Crippen molar-refractivity contribution in [3.8, 4) is 0 Å². The lowest BCUT2D eigenvalue weighted by Gasteiger charge is -2.23. The number of nitrogens with zero attached hydrogens (tertiary/aromatic N) is 3. The summed E-state index contributed by atoms with van der Waals surface area (Å²) in [5.41, 5.74) is 6.54. The van der Waals surface area contributed by atoms with Crippen LogP contribution in [0.25, 0.3) is 0 Å². The smallest absolute Gasteiger partial charge is 0.155 e. The van der Waals surface area contributed by atoms with E-state index < -0.39 is 0 Å². The van der Waals surface area contributed by atoms with Crippen LogP contribution in [0.15, 0.2) is 12.5 Å². The van der Waals surface area contributed by atoms with Crippen LogP contribution in [0, 0.1) is 0 Å². The zero-order valence-electron chi connectivity index (χ0n) is 8.48. The Kier molecular flexibility index (Phi) is 2.52. The Morgan fingerprint density at radius 3 is 2.93 bits per heavy atom. The predicted molar refractivity (Wildman–Crippen MR) is 57.1 cm³/mol. The number of nitrogen functional groups attached to an aromatic ring is 1. The first-order valence-electron chi connectivity index (χ1n) is 5.15. The molecule has 0 atom stereocenters. The molecule has 4 nitrogen and oxygen atoms in total. The van der Waals surface area contributed by atoms with Crippen LogP contribution >= 0.6 is 0 Å². The molecule has 0 unspecified atom stereocenters. The molecule has 0 spiro atoms. The Hall–Kier alpha value is -1.32. The minimum atomic E-state index is 0.659. The van der Waals surface area contributed by atoms with Crippen molar-refractivity contribution in [1.29, 1.82) is 0 Å². The molecule has 0 bridgehead atoms. The van der Waals surface area contributed by atoms with Gasteiger partial charge in [0.25, 0.3) is 0 Å². The van der Waals surface area contributed by atoms with E-state index in [0.29, 0.717) is 11.7 Å². The molecule has 0 saturated heterocycles. The molecule has 1 saturated carbocycles. The number of rotatable bonds is 4. The maximum Gasteiger partial charge on any atom is 0.155 e. The van der Waals surface area contributed by atoms with Crippen molar-refractivity contribution >= 4 is 11.5 Å². The maximum atomic E-state index is 5.85. The first-order chi connectivity index (χ1) is 6.83. The lowest BCUT2D eigenvalue weighted by Crippen LogP contribution is -2.28. The summed E-state index contributed by atoms with van der Waals surface area (Å²) >= 11 is 0. The first kappa shape index (κ1) is 9.24. The third-order valence-electron chi connectivity index (χ3n) is 2.44. The van der Waals surface area contributed by atoms with E-state index in [0.717, 1.165) is 18.8 Å². The highest BCUT2D eigenvalue weighted by Crippen LogP contribution is 2.32. The Balaban J connectivity index is 2.21. The van der Waals surface area contributed by atoms with Crippen molar-refractivity contribution in [2.45, 2.75) is 32.2 Å². The van der Waals surface area contributed by atoms with Gasteiger partial charge in [-0.05, 0) is 19.3 Å². The van der Waals surface area contributed by atoms with Crippen molar-refractivity contribution < 1.29 is 0 Å².